The maximum Gasteiger partial charge on any atom is 0.0704 e. The van der Waals surface area contributed by atoms with E-state index in [2.05, 4.69) is 35.5 Å². The van der Waals surface area contributed by atoms with Crippen molar-refractivity contribution in [1.82, 2.24) is 4.98 Å². The normalized spacial score (nSPS) is 10.5. The maximum absolute atomic E-state index is 4.31. The highest BCUT2D eigenvalue weighted by atomic mass is 32.2. The van der Waals surface area contributed by atoms with E-state index in [0.717, 1.165) is 11.3 Å². The molecule has 1 heterocycles. The van der Waals surface area contributed by atoms with E-state index in [4.69, 9.17) is 0 Å². The van der Waals surface area contributed by atoms with Gasteiger partial charge < -0.3 is 0 Å². The molecule has 0 unspecified atom stereocenters. The summed E-state index contributed by atoms with van der Waals surface area (Å²) in [4.78, 5) is 4.31. The fraction of sp³-hybridized carbons (Fsp3) is 0.182. The lowest BCUT2D eigenvalue weighted by Gasteiger charge is -2.00. The largest absolute Gasteiger partial charge is 0.256 e. The lowest BCUT2D eigenvalue weighted by molar-refractivity contribution is 1.37. The fourth-order valence-corrected chi connectivity index (χ4v) is 1.88. The molecule has 1 aromatic carbocycles. The van der Waals surface area contributed by atoms with Gasteiger partial charge in [-0.05, 0) is 24.0 Å². The second kappa shape index (κ2) is 3.79. The number of thioether (sulfide) groups is 1. The van der Waals surface area contributed by atoms with E-state index in [1.165, 1.54) is 10.9 Å². The third-order valence-electron chi connectivity index (χ3n) is 1.98. The van der Waals surface area contributed by atoms with Gasteiger partial charge in [-0.2, -0.15) is 11.8 Å². The van der Waals surface area contributed by atoms with Crippen LogP contribution in [-0.2, 0) is 5.75 Å². The zero-order chi connectivity index (χ0) is 9.10. The predicted octanol–water partition coefficient (Wildman–Crippen LogP) is 3.10. The van der Waals surface area contributed by atoms with Gasteiger partial charge in [-0.15, -0.1) is 0 Å². The smallest absolute Gasteiger partial charge is 0.0704 e. The molecule has 0 amide bonds. The first-order chi connectivity index (χ1) is 6.40. The van der Waals surface area contributed by atoms with Crippen LogP contribution < -0.4 is 0 Å². The van der Waals surface area contributed by atoms with Crippen molar-refractivity contribution in [2.75, 3.05) is 6.26 Å². The summed E-state index contributed by atoms with van der Waals surface area (Å²) < 4.78 is 0. The molecule has 0 saturated heterocycles. The van der Waals surface area contributed by atoms with Crippen molar-refractivity contribution in [1.29, 1.82) is 0 Å². The molecule has 0 aliphatic heterocycles. The van der Waals surface area contributed by atoms with Crippen LogP contribution in [0.5, 0.6) is 0 Å². The molecule has 0 N–H and O–H groups in total. The molecule has 2 aromatic rings. The number of hydrogen-bond donors (Lipinski definition) is 0. The molecule has 0 aliphatic rings. The van der Waals surface area contributed by atoms with Gasteiger partial charge in [0.25, 0.3) is 0 Å². The molecule has 0 atom stereocenters. The summed E-state index contributed by atoms with van der Waals surface area (Å²) in [6, 6.07) is 10.5. The van der Waals surface area contributed by atoms with E-state index < -0.39 is 0 Å². The number of pyridine rings is 1. The van der Waals surface area contributed by atoms with Crippen molar-refractivity contribution < 1.29 is 0 Å². The zero-order valence-corrected chi connectivity index (χ0v) is 8.34. The summed E-state index contributed by atoms with van der Waals surface area (Å²) in [7, 11) is 0. The first kappa shape index (κ1) is 8.57. The first-order valence-electron chi connectivity index (χ1n) is 4.23. The predicted molar refractivity (Wildman–Crippen MR) is 59.0 cm³/mol. The van der Waals surface area contributed by atoms with E-state index in [9.17, 15) is 0 Å². The average Bonchev–Trinajstić information content (AvgIpc) is 2.18. The van der Waals surface area contributed by atoms with Crippen LogP contribution in [0.15, 0.2) is 36.5 Å². The van der Waals surface area contributed by atoms with Crippen LogP contribution in [0.25, 0.3) is 10.9 Å². The van der Waals surface area contributed by atoms with Gasteiger partial charge in [-0.1, -0.05) is 18.2 Å². The van der Waals surface area contributed by atoms with Gasteiger partial charge in [0.2, 0.25) is 0 Å². The maximum atomic E-state index is 4.31. The van der Waals surface area contributed by atoms with Crippen LogP contribution in [-0.4, -0.2) is 11.2 Å². The van der Waals surface area contributed by atoms with E-state index in [-0.39, 0.29) is 0 Å². The topological polar surface area (TPSA) is 12.9 Å². The third kappa shape index (κ3) is 1.83. The summed E-state index contributed by atoms with van der Waals surface area (Å²) in [6.07, 6.45) is 3.95. The molecule has 0 radical (unpaired) electrons. The van der Waals surface area contributed by atoms with Gasteiger partial charge in [0.05, 0.1) is 5.52 Å². The molecule has 0 spiro atoms. The summed E-state index contributed by atoms with van der Waals surface area (Å²) in [5.41, 5.74) is 2.44. The number of hydrogen-bond acceptors (Lipinski definition) is 2. The molecule has 1 nitrogen and oxygen atoms in total. The SMILES string of the molecule is CSCc1ccc2cccnc2c1. The van der Waals surface area contributed by atoms with E-state index >= 15 is 0 Å². The van der Waals surface area contributed by atoms with Gasteiger partial charge in [0.15, 0.2) is 0 Å². The standard InChI is InChI=1S/C11H11NS/c1-13-8-9-4-5-10-3-2-6-12-11(10)7-9/h2-7H,8H2,1H3. The number of benzene rings is 1. The Kier molecular flexibility index (Phi) is 2.50. The Morgan fingerprint density at radius 2 is 2.23 bits per heavy atom. The van der Waals surface area contributed by atoms with Gasteiger partial charge in [-0.3, -0.25) is 4.98 Å². The Balaban J connectivity index is 2.49. The Morgan fingerprint density at radius 3 is 3.08 bits per heavy atom. The first-order valence-corrected chi connectivity index (χ1v) is 5.62. The molecule has 13 heavy (non-hydrogen) atoms. The molecule has 0 bridgehead atoms. The van der Waals surface area contributed by atoms with Gasteiger partial charge >= 0.3 is 0 Å². The number of nitrogens with zero attached hydrogens (tertiary/aromatic N) is 1. The van der Waals surface area contributed by atoms with Crippen molar-refractivity contribution in [3.63, 3.8) is 0 Å². The Morgan fingerprint density at radius 1 is 1.31 bits per heavy atom. The minimum Gasteiger partial charge on any atom is -0.256 e. The van der Waals surface area contributed by atoms with Gasteiger partial charge in [-0.25, -0.2) is 0 Å². The van der Waals surface area contributed by atoms with E-state index in [0.29, 0.717) is 0 Å². The van der Waals surface area contributed by atoms with Gasteiger partial charge in [0.1, 0.15) is 0 Å². The van der Waals surface area contributed by atoms with Crippen LogP contribution in [0.4, 0.5) is 0 Å². The van der Waals surface area contributed by atoms with Gasteiger partial charge in [0, 0.05) is 17.3 Å². The van der Waals surface area contributed by atoms with Crippen LogP contribution in [0.3, 0.4) is 0 Å². The highest BCUT2D eigenvalue weighted by molar-refractivity contribution is 7.97. The highest BCUT2D eigenvalue weighted by Crippen LogP contribution is 2.16. The van der Waals surface area contributed by atoms with Crippen molar-refractivity contribution in [3.8, 4) is 0 Å². The van der Waals surface area contributed by atoms with Crippen molar-refractivity contribution >= 4 is 22.7 Å². The summed E-state index contributed by atoms with van der Waals surface area (Å²) in [6.45, 7) is 0. The lowest BCUT2D eigenvalue weighted by atomic mass is 10.1. The number of fused-ring (bicyclic) bond motifs is 1. The number of aromatic nitrogens is 1. The monoisotopic (exact) mass is 189 g/mol. The van der Waals surface area contributed by atoms with Crippen molar-refractivity contribution in [2.24, 2.45) is 0 Å². The third-order valence-corrected chi connectivity index (χ3v) is 2.60. The molecule has 0 saturated carbocycles. The zero-order valence-electron chi connectivity index (χ0n) is 7.53. The van der Waals surface area contributed by atoms with Crippen LogP contribution >= 0.6 is 11.8 Å². The van der Waals surface area contributed by atoms with Crippen LogP contribution in [0.1, 0.15) is 5.56 Å². The second-order valence-electron chi connectivity index (χ2n) is 2.96. The summed E-state index contributed by atoms with van der Waals surface area (Å²) in [5, 5.41) is 1.22. The van der Waals surface area contributed by atoms with Crippen molar-refractivity contribution in [3.05, 3.63) is 42.1 Å². The van der Waals surface area contributed by atoms with Crippen LogP contribution in [0.2, 0.25) is 0 Å². The lowest BCUT2D eigenvalue weighted by Crippen LogP contribution is -1.82. The highest BCUT2D eigenvalue weighted by Gasteiger charge is 1.95. The Labute approximate surface area is 82.2 Å². The number of rotatable bonds is 2. The molecular weight excluding hydrogens is 178 g/mol. The van der Waals surface area contributed by atoms with Crippen LogP contribution in [0, 0.1) is 0 Å². The molecule has 0 fully saturated rings. The summed E-state index contributed by atoms with van der Waals surface area (Å²) in [5.74, 6) is 1.06. The minimum atomic E-state index is 1.06. The molecule has 66 valence electrons. The fourth-order valence-electron chi connectivity index (χ4n) is 1.37. The minimum absolute atomic E-state index is 1.06. The molecule has 1 aromatic heterocycles. The Bertz CT molecular complexity index is 412. The van der Waals surface area contributed by atoms with E-state index in [1.54, 1.807) is 0 Å². The second-order valence-corrected chi connectivity index (χ2v) is 3.83. The van der Waals surface area contributed by atoms with E-state index in [1.807, 2.05) is 24.0 Å². The Hall–Kier alpha value is -1.02. The molecule has 2 rings (SSSR count). The molecule has 0 aliphatic carbocycles. The summed E-state index contributed by atoms with van der Waals surface area (Å²) >= 11 is 1.84. The molecule has 2 heteroatoms. The molecular formula is C11H11NS. The average molecular weight is 189 g/mol. The quantitative estimate of drug-likeness (QED) is 0.720. The van der Waals surface area contributed by atoms with Crippen molar-refractivity contribution in [2.45, 2.75) is 5.75 Å².